The maximum absolute atomic E-state index is 10.1. The summed E-state index contributed by atoms with van der Waals surface area (Å²) in [5, 5.41) is 15.8. The van der Waals surface area contributed by atoms with Gasteiger partial charge in [0.2, 0.25) is 0 Å². The molecule has 8 heteroatoms. The number of esters is 2. The average molecular weight is 288 g/mol. The first-order chi connectivity index (χ1) is 9.07. The molecule has 8 nitrogen and oxygen atoms in total. The van der Waals surface area contributed by atoms with Crippen molar-refractivity contribution >= 4 is 23.9 Å². The Kier molecular flexibility index (Phi) is 10.1. The Balaban J connectivity index is 0. The highest BCUT2D eigenvalue weighted by molar-refractivity contribution is 5.85. The van der Waals surface area contributed by atoms with Gasteiger partial charge in [-0.05, 0) is 13.8 Å². The quantitative estimate of drug-likeness (QED) is 0.551. The van der Waals surface area contributed by atoms with Gasteiger partial charge in [-0.15, -0.1) is 0 Å². The van der Waals surface area contributed by atoms with E-state index >= 15 is 0 Å². The molecule has 1 saturated heterocycles. The highest BCUT2D eigenvalue weighted by Gasteiger charge is 2.16. The third-order valence-corrected chi connectivity index (χ3v) is 1.43. The maximum atomic E-state index is 10.1. The maximum Gasteiger partial charge on any atom is 0.344 e. The average Bonchev–Trinajstić information content (AvgIpc) is 2.34. The van der Waals surface area contributed by atoms with E-state index in [9.17, 15) is 19.2 Å². The molecule has 0 saturated carbocycles. The van der Waals surface area contributed by atoms with Gasteiger partial charge in [0, 0.05) is 11.1 Å². The molecule has 20 heavy (non-hydrogen) atoms. The van der Waals surface area contributed by atoms with Gasteiger partial charge in [0.25, 0.3) is 0 Å². The fourth-order valence-corrected chi connectivity index (χ4v) is 0.362. The van der Waals surface area contributed by atoms with Crippen LogP contribution in [-0.2, 0) is 28.7 Å². The zero-order valence-corrected chi connectivity index (χ0v) is 11.2. The minimum Gasteiger partial charge on any atom is -0.478 e. The molecule has 0 aromatic carbocycles. The van der Waals surface area contributed by atoms with E-state index in [0.29, 0.717) is 0 Å². The van der Waals surface area contributed by atoms with Crippen LogP contribution in [0.25, 0.3) is 0 Å². The van der Waals surface area contributed by atoms with Crippen molar-refractivity contribution in [3.63, 3.8) is 0 Å². The van der Waals surface area contributed by atoms with Crippen molar-refractivity contribution in [2.45, 2.75) is 13.8 Å². The number of aliphatic carboxylic acids is 2. The predicted molar refractivity (Wildman–Crippen MR) is 66.8 cm³/mol. The second-order valence-corrected chi connectivity index (χ2v) is 3.49. The van der Waals surface area contributed by atoms with Gasteiger partial charge < -0.3 is 19.7 Å². The highest BCUT2D eigenvalue weighted by Crippen LogP contribution is 1.90. The molecule has 1 rings (SSSR count). The van der Waals surface area contributed by atoms with E-state index in [0.717, 1.165) is 0 Å². The number of carboxylic acid groups (broad SMARTS) is 2. The lowest BCUT2D eigenvalue weighted by atomic mass is 10.4. The molecule has 0 radical (unpaired) electrons. The summed E-state index contributed by atoms with van der Waals surface area (Å²) in [4.78, 5) is 39.4. The molecule has 112 valence electrons. The van der Waals surface area contributed by atoms with Crippen molar-refractivity contribution < 1.29 is 38.9 Å². The second kappa shape index (κ2) is 10.3. The summed E-state index contributed by atoms with van der Waals surface area (Å²) in [6, 6.07) is 0. The van der Waals surface area contributed by atoms with Crippen LogP contribution in [0.15, 0.2) is 24.3 Å². The van der Waals surface area contributed by atoms with Crippen LogP contribution in [-0.4, -0.2) is 47.3 Å². The standard InChI is InChI=1S/C4H4O4.2C4H6O2/c5-3-1-7-4(6)2-8-3;2*1-3(2)4(5)6/h1-2H2;2*1H2,2H3,(H,5,6). The van der Waals surface area contributed by atoms with Gasteiger partial charge in [0.1, 0.15) is 0 Å². The number of hydrogen-bond donors (Lipinski definition) is 2. The van der Waals surface area contributed by atoms with Crippen LogP contribution in [0.4, 0.5) is 0 Å². The molecule has 1 heterocycles. The SMILES string of the molecule is C=C(C)C(=O)O.C=C(C)C(=O)O.O=C1COC(=O)CO1. The highest BCUT2D eigenvalue weighted by atomic mass is 16.6. The molecular formula is C12H16O8. The molecule has 1 fully saturated rings. The first-order valence-corrected chi connectivity index (χ1v) is 5.16. The molecule has 2 N–H and O–H groups in total. The number of hydrogen-bond acceptors (Lipinski definition) is 6. The third kappa shape index (κ3) is 13.4. The van der Waals surface area contributed by atoms with E-state index < -0.39 is 23.9 Å². The lowest BCUT2D eigenvalue weighted by Gasteiger charge is -2.09. The molecule has 0 atom stereocenters. The lowest BCUT2D eigenvalue weighted by Crippen LogP contribution is -2.27. The van der Waals surface area contributed by atoms with E-state index in [2.05, 4.69) is 22.6 Å². The molecule has 0 aromatic rings. The smallest absolute Gasteiger partial charge is 0.344 e. The van der Waals surface area contributed by atoms with Crippen LogP contribution in [0.5, 0.6) is 0 Å². The van der Waals surface area contributed by atoms with Crippen molar-refractivity contribution in [1.29, 1.82) is 0 Å². The van der Waals surface area contributed by atoms with Gasteiger partial charge in [-0.1, -0.05) is 13.2 Å². The number of carbonyl (C=O) groups is 4. The molecular weight excluding hydrogens is 272 g/mol. The zero-order valence-electron chi connectivity index (χ0n) is 11.2. The number of carboxylic acids is 2. The number of carbonyl (C=O) groups excluding carboxylic acids is 2. The first-order valence-electron chi connectivity index (χ1n) is 5.16. The van der Waals surface area contributed by atoms with Gasteiger partial charge >= 0.3 is 23.9 Å². The van der Waals surface area contributed by atoms with Crippen LogP contribution in [0.1, 0.15) is 13.8 Å². The fraction of sp³-hybridized carbons (Fsp3) is 0.333. The topological polar surface area (TPSA) is 127 Å². The van der Waals surface area contributed by atoms with Crippen LogP contribution in [0.3, 0.4) is 0 Å². The fourth-order valence-electron chi connectivity index (χ4n) is 0.362. The normalized spacial score (nSPS) is 12.3. The van der Waals surface area contributed by atoms with Crippen LogP contribution in [0, 0.1) is 0 Å². The van der Waals surface area contributed by atoms with Crippen LogP contribution < -0.4 is 0 Å². The Hall–Kier alpha value is -2.64. The summed E-state index contributed by atoms with van der Waals surface area (Å²) in [5.41, 5.74) is 0.352. The van der Waals surface area contributed by atoms with Crippen molar-refractivity contribution in [1.82, 2.24) is 0 Å². The zero-order chi connectivity index (χ0) is 16.3. The van der Waals surface area contributed by atoms with Crippen molar-refractivity contribution in [3.05, 3.63) is 24.3 Å². The van der Waals surface area contributed by atoms with Crippen molar-refractivity contribution in [3.8, 4) is 0 Å². The predicted octanol–water partition coefficient (Wildman–Crippen LogP) is 0.381. The summed E-state index contributed by atoms with van der Waals surface area (Å²) >= 11 is 0. The Morgan fingerprint density at radius 3 is 1.20 bits per heavy atom. The summed E-state index contributed by atoms with van der Waals surface area (Å²) < 4.78 is 8.55. The third-order valence-electron chi connectivity index (χ3n) is 1.43. The summed E-state index contributed by atoms with van der Waals surface area (Å²) in [6.45, 7) is 8.73. The van der Waals surface area contributed by atoms with Gasteiger partial charge in [-0.3, -0.25) is 0 Å². The summed E-state index contributed by atoms with van der Waals surface area (Å²) in [6.07, 6.45) is 0. The molecule has 0 bridgehead atoms. The first kappa shape index (κ1) is 19.7. The van der Waals surface area contributed by atoms with E-state index in [4.69, 9.17) is 10.2 Å². The van der Waals surface area contributed by atoms with Crippen LogP contribution in [0.2, 0.25) is 0 Å². The Morgan fingerprint density at radius 1 is 0.900 bits per heavy atom. The largest absolute Gasteiger partial charge is 0.478 e. The number of ether oxygens (including phenoxy) is 2. The second-order valence-electron chi connectivity index (χ2n) is 3.49. The van der Waals surface area contributed by atoms with Crippen molar-refractivity contribution in [2.24, 2.45) is 0 Å². The van der Waals surface area contributed by atoms with Gasteiger partial charge in [-0.2, -0.15) is 0 Å². The van der Waals surface area contributed by atoms with Gasteiger partial charge in [0.05, 0.1) is 0 Å². The molecule has 0 amide bonds. The van der Waals surface area contributed by atoms with E-state index in [1.807, 2.05) is 0 Å². The lowest BCUT2D eigenvalue weighted by molar-refractivity contribution is -0.174. The number of cyclic esters (lactones) is 2. The van der Waals surface area contributed by atoms with Crippen molar-refractivity contribution in [2.75, 3.05) is 13.2 Å². The minimum absolute atomic E-state index is 0.176. The minimum atomic E-state index is -0.935. The molecule has 1 aliphatic heterocycles. The molecule has 1 aliphatic rings. The van der Waals surface area contributed by atoms with Crippen LogP contribution >= 0.6 is 0 Å². The molecule has 0 aromatic heterocycles. The monoisotopic (exact) mass is 288 g/mol. The molecule has 0 unspecified atom stereocenters. The number of rotatable bonds is 2. The van der Waals surface area contributed by atoms with Gasteiger partial charge in [-0.25, -0.2) is 19.2 Å². The van der Waals surface area contributed by atoms with E-state index in [-0.39, 0.29) is 24.4 Å². The van der Waals surface area contributed by atoms with Gasteiger partial charge in [0.15, 0.2) is 13.2 Å². The Morgan fingerprint density at radius 2 is 1.10 bits per heavy atom. The summed E-state index contributed by atoms with van der Waals surface area (Å²) in [5.74, 6) is -2.83. The van der Waals surface area contributed by atoms with E-state index in [1.54, 1.807) is 0 Å². The Bertz CT molecular complexity index is 345. The molecule has 0 aliphatic carbocycles. The van der Waals surface area contributed by atoms with E-state index in [1.165, 1.54) is 13.8 Å². The summed E-state index contributed by atoms with van der Waals surface area (Å²) in [7, 11) is 0. The molecule has 0 spiro atoms. The Labute approximate surface area is 115 Å².